The molecule has 1 unspecified atom stereocenters. The SMILES string of the molecule is COC(=O)c1csc(NC(C)CC(N)=O)n1. The summed E-state index contributed by atoms with van der Waals surface area (Å²) in [5, 5.41) is 5.12. The Morgan fingerprint density at radius 2 is 2.38 bits per heavy atom. The molecule has 3 N–H and O–H groups in total. The molecular weight excluding hydrogens is 230 g/mol. The van der Waals surface area contributed by atoms with Crippen LogP contribution in [-0.2, 0) is 9.53 Å². The number of methoxy groups -OCH3 is 1. The number of esters is 1. The first kappa shape index (κ1) is 12.4. The van der Waals surface area contributed by atoms with Crippen molar-refractivity contribution >= 4 is 28.3 Å². The highest BCUT2D eigenvalue weighted by atomic mass is 32.1. The number of ether oxygens (including phenoxy) is 1. The van der Waals surface area contributed by atoms with Crippen LogP contribution in [0.1, 0.15) is 23.8 Å². The molecule has 0 aromatic carbocycles. The highest BCUT2D eigenvalue weighted by molar-refractivity contribution is 7.13. The van der Waals surface area contributed by atoms with E-state index >= 15 is 0 Å². The van der Waals surface area contributed by atoms with Gasteiger partial charge in [0.1, 0.15) is 0 Å². The zero-order chi connectivity index (χ0) is 12.1. The summed E-state index contributed by atoms with van der Waals surface area (Å²) in [6, 6.07) is -0.117. The largest absolute Gasteiger partial charge is 0.464 e. The first-order chi connectivity index (χ1) is 7.52. The zero-order valence-electron chi connectivity index (χ0n) is 9.02. The molecule has 0 saturated carbocycles. The van der Waals surface area contributed by atoms with Crippen molar-refractivity contribution in [3.8, 4) is 0 Å². The fourth-order valence-corrected chi connectivity index (χ4v) is 1.89. The van der Waals surface area contributed by atoms with Crippen LogP contribution in [0.25, 0.3) is 0 Å². The topological polar surface area (TPSA) is 94.3 Å². The molecule has 1 aromatic rings. The van der Waals surface area contributed by atoms with Gasteiger partial charge in [0, 0.05) is 17.8 Å². The summed E-state index contributed by atoms with van der Waals surface area (Å²) < 4.78 is 4.52. The van der Waals surface area contributed by atoms with E-state index in [0.29, 0.717) is 5.13 Å². The van der Waals surface area contributed by atoms with E-state index in [4.69, 9.17) is 5.73 Å². The van der Waals surface area contributed by atoms with Crippen molar-refractivity contribution in [2.24, 2.45) is 5.73 Å². The van der Waals surface area contributed by atoms with Gasteiger partial charge >= 0.3 is 5.97 Å². The minimum Gasteiger partial charge on any atom is -0.464 e. The fourth-order valence-electron chi connectivity index (χ4n) is 1.10. The molecule has 0 bridgehead atoms. The lowest BCUT2D eigenvalue weighted by atomic mass is 10.2. The summed E-state index contributed by atoms with van der Waals surface area (Å²) in [5.74, 6) is -0.864. The van der Waals surface area contributed by atoms with E-state index in [1.54, 1.807) is 5.38 Å². The smallest absolute Gasteiger partial charge is 0.357 e. The second-order valence-electron chi connectivity index (χ2n) is 3.25. The molecule has 0 aliphatic carbocycles. The number of aromatic nitrogens is 1. The molecule has 1 atom stereocenters. The maximum absolute atomic E-state index is 11.1. The monoisotopic (exact) mass is 243 g/mol. The minimum absolute atomic E-state index is 0.117. The van der Waals surface area contributed by atoms with Crippen LogP contribution in [0.3, 0.4) is 0 Å². The van der Waals surface area contributed by atoms with Gasteiger partial charge in [-0.15, -0.1) is 11.3 Å². The van der Waals surface area contributed by atoms with E-state index in [1.807, 2.05) is 6.92 Å². The Hall–Kier alpha value is -1.63. The molecule has 0 aliphatic heterocycles. The van der Waals surface area contributed by atoms with E-state index in [9.17, 15) is 9.59 Å². The van der Waals surface area contributed by atoms with Crippen LogP contribution in [0.4, 0.5) is 5.13 Å². The normalized spacial score (nSPS) is 11.9. The molecule has 1 rings (SSSR count). The van der Waals surface area contributed by atoms with Gasteiger partial charge < -0.3 is 15.8 Å². The molecule has 1 aromatic heterocycles. The number of hydrogen-bond acceptors (Lipinski definition) is 6. The summed E-state index contributed by atoms with van der Waals surface area (Å²) >= 11 is 1.27. The van der Waals surface area contributed by atoms with Gasteiger partial charge in [-0.05, 0) is 6.92 Å². The second kappa shape index (κ2) is 5.45. The Bertz CT molecular complexity index is 391. The van der Waals surface area contributed by atoms with Crippen LogP contribution in [0.5, 0.6) is 0 Å². The van der Waals surface area contributed by atoms with E-state index in [2.05, 4.69) is 15.0 Å². The van der Waals surface area contributed by atoms with Crippen LogP contribution in [0.2, 0.25) is 0 Å². The lowest BCUT2D eigenvalue weighted by Gasteiger charge is -2.09. The molecule has 16 heavy (non-hydrogen) atoms. The zero-order valence-corrected chi connectivity index (χ0v) is 9.84. The third kappa shape index (κ3) is 3.50. The van der Waals surface area contributed by atoms with Gasteiger partial charge in [0.05, 0.1) is 7.11 Å². The molecule has 1 amide bonds. The number of nitrogens with two attached hydrogens (primary N) is 1. The molecule has 7 heteroatoms. The average molecular weight is 243 g/mol. The van der Waals surface area contributed by atoms with E-state index in [1.165, 1.54) is 18.4 Å². The van der Waals surface area contributed by atoms with Gasteiger partial charge in [-0.3, -0.25) is 4.79 Å². The van der Waals surface area contributed by atoms with Gasteiger partial charge in [-0.2, -0.15) is 0 Å². The van der Waals surface area contributed by atoms with Gasteiger partial charge in [0.2, 0.25) is 5.91 Å². The van der Waals surface area contributed by atoms with Crippen molar-refractivity contribution < 1.29 is 14.3 Å². The summed E-state index contributed by atoms with van der Waals surface area (Å²) in [4.78, 5) is 25.8. The molecule has 88 valence electrons. The number of amides is 1. The van der Waals surface area contributed by atoms with Crippen molar-refractivity contribution in [3.63, 3.8) is 0 Å². The number of nitrogens with zero attached hydrogens (tertiary/aromatic N) is 1. The molecule has 0 radical (unpaired) electrons. The van der Waals surface area contributed by atoms with Gasteiger partial charge in [-0.25, -0.2) is 9.78 Å². The molecule has 0 fully saturated rings. The Kier molecular flexibility index (Phi) is 4.24. The number of nitrogens with one attached hydrogen (secondary N) is 1. The number of rotatable bonds is 5. The highest BCUT2D eigenvalue weighted by Gasteiger charge is 2.12. The van der Waals surface area contributed by atoms with Crippen LogP contribution in [-0.4, -0.2) is 30.0 Å². The Labute approximate surface area is 96.8 Å². The molecule has 0 spiro atoms. The minimum atomic E-state index is -0.480. The number of hydrogen-bond donors (Lipinski definition) is 2. The Morgan fingerprint density at radius 1 is 1.69 bits per heavy atom. The summed E-state index contributed by atoms with van der Waals surface area (Å²) in [6.07, 6.45) is 0.215. The Morgan fingerprint density at radius 3 is 2.94 bits per heavy atom. The van der Waals surface area contributed by atoms with Crippen LogP contribution in [0.15, 0.2) is 5.38 Å². The molecule has 0 aliphatic rings. The fraction of sp³-hybridized carbons (Fsp3) is 0.444. The molecule has 0 saturated heterocycles. The third-order valence-electron chi connectivity index (χ3n) is 1.78. The lowest BCUT2D eigenvalue weighted by Crippen LogP contribution is -2.23. The molecule has 6 nitrogen and oxygen atoms in total. The highest BCUT2D eigenvalue weighted by Crippen LogP contribution is 2.17. The summed E-state index contributed by atoms with van der Waals surface area (Å²) in [5.41, 5.74) is 5.30. The van der Waals surface area contributed by atoms with Gasteiger partial charge in [-0.1, -0.05) is 0 Å². The molecular formula is C9H13N3O3S. The predicted molar refractivity (Wildman–Crippen MR) is 60.3 cm³/mol. The van der Waals surface area contributed by atoms with Crippen LogP contribution >= 0.6 is 11.3 Å². The number of carbonyl (C=O) groups excluding carboxylic acids is 2. The third-order valence-corrected chi connectivity index (χ3v) is 2.55. The second-order valence-corrected chi connectivity index (χ2v) is 4.10. The maximum Gasteiger partial charge on any atom is 0.357 e. The van der Waals surface area contributed by atoms with Crippen molar-refractivity contribution in [1.82, 2.24) is 4.98 Å². The standard InChI is InChI=1S/C9H13N3O3S/c1-5(3-7(10)13)11-9-12-6(4-16-9)8(14)15-2/h4-5H,3H2,1-2H3,(H2,10,13)(H,11,12). The van der Waals surface area contributed by atoms with Crippen molar-refractivity contribution in [2.75, 3.05) is 12.4 Å². The lowest BCUT2D eigenvalue weighted by molar-refractivity contribution is -0.118. The van der Waals surface area contributed by atoms with Crippen molar-refractivity contribution in [3.05, 3.63) is 11.1 Å². The van der Waals surface area contributed by atoms with E-state index in [0.717, 1.165) is 0 Å². The first-order valence-electron chi connectivity index (χ1n) is 4.61. The summed E-state index contributed by atoms with van der Waals surface area (Å²) in [7, 11) is 1.30. The average Bonchev–Trinajstić information content (AvgIpc) is 2.63. The summed E-state index contributed by atoms with van der Waals surface area (Å²) in [6.45, 7) is 1.81. The van der Waals surface area contributed by atoms with E-state index in [-0.39, 0.29) is 24.1 Å². The van der Waals surface area contributed by atoms with E-state index < -0.39 is 5.97 Å². The number of primary amides is 1. The van der Waals surface area contributed by atoms with Gasteiger partial charge in [0.25, 0.3) is 0 Å². The van der Waals surface area contributed by atoms with Crippen LogP contribution in [0, 0.1) is 0 Å². The van der Waals surface area contributed by atoms with Crippen molar-refractivity contribution in [2.45, 2.75) is 19.4 Å². The van der Waals surface area contributed by atoms with Crippen molar-refractivity contribution in [1.29, 1.82) is 0 Å². The van der Waals surface area contributed by atoms with Crippen LogP contribution < -0.4 is 11.1 Å². The quantitative estimate of drug-likeness (QED) is 0.739. The molecule has 1 heterocycles. The Balaban J connectivity index is 2.58. The van der Waals surface area contributed by atoms with Gasteiger partial charge in [0.15, 0.2) is 10.8 Å². The number of carbonyl (C=O) groups is 2. The number of thiazole rings is 1. The first-order valence-corrected chi connectivity index (χ1v) is 5.49. The maximum atomic E-state index is 11.1. The number of anilines is 1. The predicted octanol–water partition coefficient (Wildman–Crippen LogP) is 0.605.